The minimum absolute atomic E-state index is 0.0353. The van der Waals surface area contributed by atoms with Crippen LogP contribution in [-0.2, 0) is 23.1 Å². The summed E-state index contributed by atoms with van der Waals surface area (Å²) in [6.45, 7) is 1.05. The highest BCUT2D eigenvalue weighted by Crippen LogP contribution is 2.24. The van der Waals surface area contributed by atoms with Gasteiger partial charge in [0.05, 0.1) is 17.5 Å². The van der Waals surface area contributed by atoms with E-state index in [2.05, 4.69) is 39.4 Å². The highest BCUT2D eigenvalue weighted by molar-refractivity contribution is 7.89. The van der Waals surface area contributed by atoms with Gasteiger partial charge in [0.1, 0.15) is 0 Å². The van der Waals surface area contributed by atoms with E-state index in [0.717, 1.165) is 22.3 Å². The quantitative estimate of drug-likeness (QED) is 0.323. The van der Waals surface area contributed by atoms with Gasteiger partial charge in [-0.05, 0) is 52.6 Å². The van der Waals surface area contributed by atoms with E-state index < -0.39 is 10.0 Å². The molecule has 8 nitrogen and oxygen atoms in total. The Bertz CT molecular complexity index is 1460. The predicted molar refractivity (Wildman–Crippen MR) is 136 cm³/mol. The molecule has 1 heterocycles. The summed E-state index contributed by atoms with van der Waals surface area (Å²) in [6.07, 6.45) is 3.76. The largest absolute Gasteiger partial charge is 0.348 e. The number of nitriles is 1. The second-order valence-corrected chi connectivity index (χ2v) is 9.84. The smallest absolute Gasteiger partial charge is 0.251 e. The van der Waals surface area contributed by atoms with Crippen molar-refractivity contribution < 1.29 is 13.2 Å². The number of nitrogens with zero attached hydrogens (tertiary/aromatic N) is 3. The van der Waals surface area contributed by atoms with Crippen molar-refractivity contribution >= 4 is 15.9 Å². The van der Waals surface area contributed by atoms with Gasteiger partial charge in [-0.2, -0.15) is 10.4 Å². The first-order valence-corrected chi connectivity index (χ1v) is 12.8. The Morgan fingerprint density at radius 3 is 2.42 bits per heavy atom. The van der Waals surface area contributed by atoms with E-state index in [4.69, 9.17) is 5.26 Å². The normalized spacial score (nSPS) is 11.1. The molecule has 2 N–H and O–H groups in total. The van der Waals surface area contributed by atoms with Crippen LogP contribution in [0.1, 0.15) is 27.9 Å². The second kappa shape index (κ2) is 11.4. The molecule has 1 aromatic heterocycles. The molecule has 0 atom stereocenters. The second-order valence-electron chi connectivity index (χ2n) is 8.07. The lowest BCUT2D eigenvalue weighted by atomic mass is 9.98. The van der Waals surface area contributed by atoms with Gasteiger partial charge < -0.3 is 5.32 Å². The molecule has 0 spiro atoms. The number of carbonyl (C=O) groups is 1. The Balaban J connectivity index is 1.41. The molecule has 0 saturated carbocycles. The fourth-order valence-corrected chi connectivity index (χ4v) is 4.75. The van der Waals surface area contributed by atoms with Crippen LogP contribution in [0.5, 0.6) is 0 Å². The molecule has 0 aliphatic carbocycles. The molecule has 182 valence electrons. The van der Waals surface area contributed by atoms with Gasteiger partial charge in [-0.15, -0.1) is 0 Å². The van der Waals surface area contributed by atoms with Gasteiger partial charge in [-0.25, -0.2) is 13.1 Å². The molecule has 0 aliphatic heterocycles. The maximum Gasteiger partial charge on any atom is 0.251 e. The van der Waals surface area contributed by atoms with Crippen LogP contribution in [0, 0.1) is 11.3 Å². The van der Waals surface area contributed by atoms with Crippen LogP contribution in [0.15, 0.2) is 96.2 Å². The first-order valence-electron chi connectivity index (χ1n) is 11.4. The fraction of sp³-hybridized carbons (Fsp3) is 0.148. The number of hydrogen-bond acceptors (Lipinski definition) is 5. The Morgan fingerprint density at radius 2 is 1.72 bits per heavy atom. The van der Waals surface area contributed by atoms with Gasteiger partial charge in [-0.3, -0.25) is 9.48 Å². The maximum atomic E-state index is 12.7. The number of rotatable bonds is 10. The molecule has 0 unspecified atom stereocenters. The molecule has 0 saturated heterocycles. The summed E-state index contributed by atoms with van der Waals surface area (Å²) in [5.74, 6) is -0.305. The number of aromatic nitrogens is 2. The molecule has 9 heteroatoms. The average Bonchev–Trinajstić information content (AvgIpc) is 3.41. The molecule has 0 fully saturated rings. The summed E-state index contributed by atoms with van der Waals surface area (Å²) in [6, 6.07) is 25.6. The van der Waals surface area contributed by atoms with E-state index in [-0.39, 0.29) is 23.8 Å². The molecule has 36 heavy (non-hydrogen) atoms. The third-order valence-corrected chi connectivity index (χ3v) is 7.06. The summed E-state index contributed by atoms with van der Waals surface area (Å²) in [5.41, 5.74) is 4.52. The Hall–Kier alpha value is -4.26. The third-order valence-electron chi connectivity index (χ3n) is 5.58. The van der Waals surface area contributed by atoms with Crippen molar-refractivity contribution in [2.45, 2.75) is 24.4 Å². The lowest BCUT2D eigenvalue weighted by Crippen LogP contribution is -2.25. The third kappa shape index (κ3) is 6.24. The van der Waals surface area contributed by atoms with Crippen molar-refractivity contribution in [3.63, 3.8) is 0 Å². The fourth-order valence-electron chi connectivity index (χ4n) is 3.71. The van der Waals surface area contributed by atoms with Gasteiger partial charge in [0, 0.05) is 37.5 Å². The van der Waals surface area contributed by atoms with Crippen LogP contribution in [0.2, 0.25) is 0 Å². The van der Waals surface area contributed by atoms with Gasteiger partial charge >= 0.3 is 0 Å². The summed E-state index contributed by atoms with van der Waals surface area (Å²) >= 11 is 0. The van der Waals surface area contributed by atoms with E-state index in [1.807, 2.05) is 47.3 Å². The molecule has 0 radical (unpaired) electrons. The number of benzene rings is 3. The first-order chi connectivity index (χ1) is 17.5. The highest BCUT2D eigenvalue weighted by atomic mass is 32.2. The summed E-state index contributed by atoms with van der Waals surface area (Å²) in [4.78, 5) is 12.8. The molecule has 4 rings (SSSR count). The average molecular weight is 500 g/mol. The first kappa shape index (κ1) is 24.9. The van der Waals surface area contributed by atoms with Crippen LogP contribution in [-0.4, -0.2) is 30.7 Å². The van der Waals surface area contributed by atoms with Gasteiger partial charge in [0.15, 0.2) is 0 Å². The minimum Gasteiger partial charge on any atom is -0.348 e. The van der Waals surface area contributed by atoms with Crippen LogP contribution >= 0.6 is 0 Å². The van der Waals surface area contributed by atoms with Gasteiger partial charge in [0.25, 0.3) is 5.91 Å². The van der Waals surface area contributed by atoms with E-state index in [1.54, 1.807) is 6.20 Å². The standard InChI is InChI=1S/C27H25N5O3S/c28-15-3-17-31-36(34,35)25-13-11-23(12-14-25)27(33)29-19-24-5-1-2-6-26(24)22-9-7-21(8-10-22)20-32-18-4-16-30-32/h1-2,4-14,16,18,31H,3,17,19-20H2,(H,29,33). The Morgan fingerprint density at radius 1 is 0.972 bits per heavy atom. The number of amides is 1. The predicted octanol–water partition coefficient (Wildman–Crippen LogP) is 3.72. The van der Waals surface area contributed by atoms with Crippen molar-refractivity contribution in [2.75, 3.05) is 6.54 Å². The van der Waals surface area contributed by atoms with Crippen molar-refractivity contribution in [3.8, 4) is 17.2 Å². The molecule has 3 aromatic carbocycles. The monoisotopic (exact) mass is 499 g/mol. The van der Waals surface area contributed by atoms with E-state index in [9.17, 15) is 13.2 Å². The lowest BCUT2D eigenvalue weighted by molar-refractivity contribution is 0.0951. The Labute approximate surface area is 210 Å². The Kier molecular flexibility index (Phi) is 7.90. The summed E-state index contributed by atoms with van der Waals surface area (Å²) in [5, 5.41) is 15.7. The zero-order valence-electron chi connectivity index (χ0n) is 19.5. The number of hydrogen-bond donors (Lipinski definition) is 2. The summed E-state index contributed by atoms with van der Waals surface area (Å²) < 4.78 is 28.7. The topological polar surface area (TPSA) is 117 Å². The minimum atomic E-state index is -3.72. The van der Waals surface area contributed by atoms with Crippen molar-refractivity contribution in [1.29, 1.82) is 5.26 Å². The zero-order valence-corrected chi connectivity index (χ0v) is 20.3. The van der Waals surface area contributed by atoms with Crippen molar-refractivity contribution in [2.24, 2.45) is 0 Å². The van der Waals surface area contributed by atoms with Crippen LogP contribution in [0.25, 0.3) is 11.1 Å². The molecular weight excluding hydrogens is 474 g/mol. The maximum absolute atomic E-state index is 12.7. The molecule has 4 aromatic rings. The number of nitrogens with one attached hydrogen (secondary N) is 2. The molecule has 1 amide bonds. The van der Waals surface area contributed by atoms with E-state index in [0.29, 0.717) is 18.7 Å². The van der Waals surface area contributed by atoms with Gasteiger partial charge in [-0.1, -0.05) is 48.5 Å². The SMILES string of the molecule is N#CCCNS(=O)(=O)c1ccc(C(=O)NCc2ccccc2-c2ccc(Cn3cccn3)cc2)cc1. The van der Waals surface area contributed by atoms with Crippen LogP contribution in [0.3, 0.4) is 0 Å². The van der Waals surface area contributed by atoms with E-state index >= 15 is 0 Å². The molecular formula is C27H25N5O3S. The molecule has 0 aliphatic rings. The summed E-state index contributed by atoms with van der Waals surface area (Å²) in [7, 11) is -3.72. The van der Waals surface area contributed by atoms with Crippen LogP contribution < -0.4 is 10.0 Å². The van der Waals surface area contributed by atoms with Crippen molar-refractivity contribution in [3.05, 3.63) is 108 Å². The number of carbonyl (C=O) groups excluding carboxylic acids is 1. The number of sulfonamides is 1. The highest BCUT2D eigenvalue weighted by Gasteiger charge is 2.15. The van der Waals surface area contributed by atoms with Crippen molar-refractivity contribution in [1.82, 2.24) is 19.8 Å². The molecule has 0 bridgehead atoms. The zero-order chi connectivity index (χ0) is 25.4. The lowest BCUT2D eigenvalue weighted by Gasteiger charge is -2.12. The van der Waals surface area contributed by atoms with Gasteiger partial charge in [0.2, 0.25) is 10.0 Å². The van der Waals surface area contributed by atoms with E-state index in [1.165, 1.54) is 24.3 Å². The van der Waals surface area contributed by atoms with Crippen LogP contribution in [0.4, 0.5) is 0 Å².